The summed E-state index contributed by atoms with van der Waals surface area (Å²) in [5.41, 5.74) is 6.54. The number of amides is 1. The smallest absolute Gasteiger partial charge is 0.271 e. The first kappa shape index (κ1) is 8.55. The van der Waals surface area contributed by atoms with E-state index in [0.29, 0.717) is 22.5 Å². The van der Waals surface area contributed by atoms with Crippen LogP contribution in [0.2, 0.25) is 0 Å². The SMILES string of the molecule is C[C@H]1CNC(=O)c2c(N)c(Br)nn21. The Kier molecular flexibility index (Phi) is 1.80. The van der Waals surface area contributed by atoms with Gasteiger partial charge in [-0.3, -0.25) is 9.48 Å². The number of hydrogen-bond donors (Lipinski definition) is 2. The highest BCUT2D eigenvalue weighted by molar-refractivity contribution is 9.10. The van der Waals surface area contributed by atoms with Gasteiger partial charge in [0.05, 0.1) is 11.7 Å². The van der Waals surface area contributed by atoms with Gasteiger partial charge in [0.15, 0.2) is 10.3 Å². The molecule has 1 atom stereocenters. The molecular formula is C7H9BrN4O. The average Bonchev–Trinajstić information content (AvgIpc) is 2.38. The summed E-state index contributed by atoms with van der Waals surface area (Å²) in [6, 6.07) is 0.154. The molecule has 70 valence electrons. The molecule has 2 rings (SSSR count). The van der Waals surface area contributed by atoms with E-state index in [1.165, 1.54) is 0 Å². The fourth-order valence-corrected chi connectivity index (χ4v) is 1.73. The maximum Gasteiger partial charge on any atom is 0.271 e. The van der Waals surface area contributed by atoms with Crippen molar-refractivity contribution in [3.05, 3.63) is 10.3 Å². The van der Waals surface area contributed by atoms with E-state index in [0.717, 1.165) is 0 Å². The van der Waals surface area contributed by atoms with Gasteiger partial charge in [0.1, 0.15) is 0 Å². The van der Waals surface area contributed by atoms with Gasteiger partial charge < -0.3 is 11.1 Å². The van der Waals surface area contributed by atoms with Crippen LogP contribution in [0.5, 0.6) is 0 Å². The summed E-state index contributed by atoms with van der Waals surface area (Å²) in [6.07, 6.45) is 0. The van der Waals surface area contributed by atoms with Crippen molar-refractivity contribution < 1.29 is 4.79 Å². The van der Waals surface area contributed by atoms with E-state index in [2.05, 4.69) is 26.3 Å². The highest BCUT2D eigenvalue weighted by Crippen LogP contribution is 2.26. The van der Waals surface area contributed by atoms with Crippen LogP contribution in [0.4, 0.5) is 5.69 Å². The molecule has 0 radical (unpaired) electrons. The molecule has 0 bridgehead atoms. The quantitative estimate of drug-likeness (QED) is 0.700. The minimum absolute atomic E-state index is 0.154. The molecule has 1 aromatic rings. The molecule has 1 amide bonds. The molecule has 0 aliphatic carbocycles. The van der Waals surface area contributed by atoms with Crippen LogP contribution in [0.15, 0.2) is 4.60 Å². The molecule has 6 heteroatoms. The lowest BCUT2D eigenvalue weighted by Gasteiger charge is -2.21. The highest BCUT2D eigenvalue weighted by Gasteiger charge is 2.27. The van der Waals surface area contributed by atoms with Crippen molar-refractivity contribution in [2.24, 2.45) is 0 Å². The number of rotatable bonds is 0. The number of carbonyl (C=O) groups excluding carboxylic acids is 1. The molecule has 2 heterocycles. The third kappa shape index (κ3) is 1.13. The number of carbonyl (C=O) groups is 1. The molecule has 1 aliphatic heterocycles. The lowest BCUT2D eigenvalue weighted by molar-refractivity contribution is 0.0914. The molecule has 0 aromatic carbocycles. The second-order valence-electron chi connectivity index (χ2n) is 3.06. The van der Waals surface area contributed by atoms with E-state index in [1.807, 2.05) is 6.92 Å². The number of nitrogens with two attached hydrogens (primary N) is 1. The van der Waals surface area contributed by atoms with Crippen LogP contribution in [-0.2, 0) is 0 Å². The molecule has 3 N–H and O–H groups in total. The second-order valence-corrected chi connectivity index (χ2v) is 3.81. The van der Waals surface area contributed by atoms with Crippen molar-refractivity contribution in [3.8, 4) is 0 Å². The number of hydrogen-bond acceptors (Lipinski definition) is 3. The van der Waals surface area contributed by atoms with Crippen LogP contribution in [0, 0.1) is 0 Å². The zero-order valence-corrected chi connectivity index (χ0v) is 8.63. The Bertz CT molecular complexity index is 373. The number of halogens is 1. The summed E-state index contributed by atoms with van der Waals surface area (Å²) in [6.45, 7) is 2.57. The monoisotopic (exact) mass is 244 g/mol. The van der Waals surface area contributed by atoms with Gasteiger partial charge in [-0.2, -0.15) is 5.10 Å². The van der Waals surface area contributed by atoms with Crippen molar-refractivity contribution in [1.82, 2.24) is 15.1 Å². The summed E-state index contributed by atoms with van der Waals surface area (Å²) in [7, 11) is 0. The van der Waals surface area contributed by atoms with Crippen molar-refractivity contribution in [2.75, 3.05) is 12.3 Å². The molecule has 13 heavy (non-hydrogen) atoms. The van der Waals surface area contributed by atoms with Gasteiger partial charge >= 0.3 is 0 Å². The summed E-state index contributed by atoms with van der Waals surface area (Å²) in [5.74, 6) is -0.159. The minimum Gasteiger partial charge on any atom is -0.395 e. The molecule has 1 aliphatic rings. The molecule has 0 saturated carbocycles. The first-order valence-corrected chi connectivity index (χ1v) is 4.72. The largest absolute Gasteiger partial charge is 0.395 e. The van der Waals surface area contributed by atoms with Crippen LogP contribution in [0.1, 0.15) is 23.5 Å². The minimum atomic E-state index is -0.159. The molecule has 0 saturated heterocycles. The number of nitrogen functional groups attached to an aromatic ring is 1. The Hall–Kier alpha value is -1.04. The normalized spacial score (nSPS) is 21.1. The lowest BCUT2D eigenvalue weighted by Crippen LogP contribution is -2.38. The second kappa shape index (κ2) is 2.73. The van der Waals surface area contributed by atoms with Crippen molar-refractivity contribution in [1.29, 1.82) is 0 Å². The Morgan fingerprint density at radius 2 is 2.46 bits per heavy atom. The van der Waals surface area contributed by atoms with E-state index >= 15 is 0 Å². The number of nitrogens with one attached hydrogen (secondary N) is 1. The predicted octanol–water partition coefficient (Wildman–Crippen LogP) is 0.532. The van der Waals surface area contributed by atoms with E-state index in [-0.39, 0.29) is 11.9 Å². The number of aromatic nitrogens is 2. The number of nitrogens with zero attached hydrogens (tertiary/aromatic N) is 2. The summed E-state index contributed by atoms with van der Waals surface area (Å²) in [4.78, 5) is 11.4. The molecular weight excluding hydrogens is 236 g/mol. The predicted molar refractivity (Wildman–Crippen MR) is 51.4 cm³/mol. The van der Waals surface area contributed by atoms with Gasteiger partial charge in [0, 0.05) is 6.54 Å². The van der Waals surface area contributed by atoms with E-state index < -0.39 is 0 Å². The average molecular weight is 245 g/mol. The van der Waals surface area contributed by atoms with Crippen LogP contribution >= 0.6 is 15.9 Å². The Morgan fingerprint density at radius 1 is 1.77 bits per heavy atom. The van der Waals surface area contributed by atoms with Crippen LogP contribution in [0.25, 0.3) is 0 Å². The molecule has 0 fully saturated rings. The van der Waals surface area contributed by atoms with Crippen LogP contribution in [-0.4, -0.2) is 22.2 Å². The van der Waals surface area contributed by atoms with Gasteiger partial charge in [-0.05, 0) is 22.9 Å². The van der Waals surface area contributed by atoms with Gasteiger partial charge in [0.25, 0.3) is 5.91 Å². The van der Waals surface area contributed by atoms with E-state index in [1.54, 1.807) is 4.68 Å². The first-order chi connectivity index (χ1) is 6.11. The molecule has 5 nitrogen and oxygen atoms in total. The number of fused-ring (bicyclic) bond motifs is 1. The van der Waals surface area contributed by atoms with Gasteiger partial charge in [-0.25, -0.2) is 0 Å². The standard InChI is InChI=1S/C7H9BrN4O/c1-3-2-10-7(13)5-4(9)6(8)11-12(3)5/h3H,2,9H2,1H3,(H,10,13)/t3-/m0/s1. The van der Waals surface area contributed by atoms with Crippen molar-refractivity contribution in [2.45, 2.75) is 13.0 Å². The maximum atomic E-state index is 11.4. The lowest BCUT2D eigenvalue weighted by atomic mass is 10.2. The van der Waals surface area contributed by atoms with Crippen LogP contribution in [0.3, 0.4) is 0 Å². The van der Waals surface area contributed by atoms with Crippen LogP contribution < -0.4 is 11.1 Å². The fourth-order valence-electron chi connectivity index (χ4n) is 1.38. The molecule has 0 spiro atoms. The van der Waals surface area contributed by atoms with Gasteiger partial charge in [-0.15, -0.1) is 0 Å². The first-order valence-electron chi connectivity index (χ1n) is 3.93. The summed E-state index contributed by atoms with van der Waals surface area (Å²) in [5, 5.41) is 6.87. The third-order valence-electron chi connectivity index (χ3n) is 2.09. The van der Waals surface area contributed by atoms with Crippen molar-refractivity contribution in [3.63, 3.8) is 0 Å². The Morgan fingerprint density at radius 3 is 3.08 bits per heavy atom. The van der Waals surface area contributed by atoms with Gasteiger partial charge in [-0.1, -0.05) is 0 Å². The maximum absolute atomic E-state index is 11.4. The molecule has 1 aromatic heterocycles. The fraction of sp³-hybridized carbons (Fsp3) is 0.429. The Labute approximate surface area is 83.4 Å². The molecule has 0 unspecified atom stereocenters. The highest BCUT2D eigenvalue weighted by atomic mass is 79.9. The number of anilines is 1. The zero-order valence-electron chi connectivity index (χ0n) is 7.04. The topological polar surface area (TPSA) is 72.9 Å². The van der Waals surface area contributed by atoms with Crippen molar-refractivity contribution >= 4 is 27.5 Å². The summed E-state index contributed by atoms with van der Waals surface area (Å²) >= 11 is 3.19. The summed E-state index contributed by atoms with van der Waals surface area (Å²) < 4.78 is 2.18. The van der Waals surface area contributed by atoms with E-state index in [4.69, 9.17) is 5.73 Å². The Balaban J connectivity index is 2.63. The zero-order chi connectivity index (χ0) is 9.59. The third-order valence-corrected chi connectivity index (χ3v) is 2.68. The van der Waals surface area contributed by atoms with Gasteiger partial charge in [0.2, 0.25) is 0 Å². The van der Waals surface area contributed by atoms with E-state index in [9.17, 15) is 4.79 Å².